The van der Waals surface area contributed by atoms with Gasteiger partial charge in [0.1, 0.15) is 29.8 Å². The van der Waals surface area contributed by atoms with E-state index in [-0.39, 0.29) is 36.9 Å². The molecule has 4 saturated heterocycles. The number of fused-ring (bicyclic) bond motifs is 5. The number of hydrogen-bond acceptors (Lipinski definition) is 8. The lowest BCUT2D eigenvalue weighted by Gasteiger charge is -2.40. The largest absolute Gasteiger partial charge is 0.465 e. The Labute approximate surface area is 262 Å². The molecule has 2 aromatic carbocycles. The molecule has 0 radical (unpaired) electrons. The van der Waals surface area contributed by atoms with Gasteiger partial charge in [-0.15, -0.1) is 0 Å². The average Bonchev–Trinajstić information content (AvgIpc) is 3.61. The van der Waals surface area contributed by atoms with Crippen LogP contribution in [0.15, 0.2) is 42.6 Å². The first-order valence-corrected chi connectivity index (χ1v) is 15.6. The number of pyridine rings is 1. The van der Waals surface area contributed by atoms with E-state index >= 15 is 4.39 Å². The van der Waals surface area contributed by atoms with E-state index in [9.17, 15) is 19.4 Å². The molecule has 8 rings (SSSR count). The van der Waals surface area contributed by atoms with Gasteiger partial charge in [0, 0.05) is 48.2 Å². The number of rotatable bonds is 5. The maximum absolute atomic E-state index is 16.7. The summed E-state index contributed by atoms with van der Waals surface area (Å²) < 4.78 is 37.4. The summed E-state index contributed by atoms with van der Waals surface area (Å²) in [6.07, 6.45) is 1.04. The van der Waals surface area contributed by atoms with Gasteiger partial charge >= 0.3 is 12.1 Å². The van der Waals surface area contributed by atoms with Crippen molar-refractivity contribution < 1.29 is 28.5 Å². The Morgan fingerprint density at radius 3 is 2.78 bits per heavy atom. The van der Waals surface area contributed by atoms with Crippen molar-refractivity contribution in [1.29, 1.82) is 0 Å². The van der Waals surface area contributed by atoms with Gasteiger partial charge in [0.15, 0.2) is 5.82 Å². The number of nitrogens with zero attached hydrogens (tertiary/aromatic N) is 6. The number of aliphatic hydroxyl groups is 1. The average molecular weight is 637 g/mol. The van der Waals surface area contributed by atoms with Crippen LogP contribution in [0.1, 0.15) is 25.7 Å². The molecular formula is C32H31ClF2N6O4. The fraction of sp³-hybridized carbons (Fsp3) is 0.438. The van der Waals surface area contributed by atoms with E-state index in [1.54, 1.807) is 12.1 Å². The van der Waals surface area contributed by atoms with Crippen LogP contribution < -0.4 is 9.64 Å². The van der Waals surface area contributed by atoms with Crippen LogP contribution >= 0.6 is 11.6 Å². The Hall–Kier alpha value is -3.87. The number of aliphatic hydroxyl groups excluding tert-OH is 1. The highest BCUT2D eigenvalue weighted by Crippen LogP contribution is 2.42. The van der Waals surface area contributed by atoms with Gasteiger partial charge in [0.2, 0.25) is 0 Å². The van der Waals surface area contributed by atoms with Gasteiger partial charge in [-0.05, 0) is 37.3 Å². The molecule has 13 heteroatoms. The molecule has 0 saturated carbocycles. The van der Waals surface area contributed by atoms with Gasteiger partial charge in [0.25, 0.3) is 0 Å². The first kappa shape index (κ1) is 28.6. The summed E-state index contributed by atoms with van der Waals surface area (Å²) in [6, 6.07) is 9.75. The number of alkyl halides is 1. The predicted octanol–water partition coefficient (Wildman–Crippen LogP) is 4.89. The van der Waals surface area contributed by atoms with E-state index in [4.69, 9.17) is 21.3 Å². The van der Waals surface area contributed by atoms with Crippen LogP contribution in [0.25, 0.3) is 32.9 Å². The molecule has 0 aliphatic carbocycles. The highest BCUT2D eigenvalue weighted by atomic mass is 35.5. The maximum atomic E-state index is 16.7. The number of halogens is 3. The van der Waals surface area contributed by atoms with Gasteiger partial charge < -0.3 is 19.8 Å². The van der Waals surface area contributed by atoms with Crippen molar-refractivity contribution in [3.63, 3.8) is 0 Å². The van der Waals surface area contributed by atoms with Crippen molar-refractivity contribution in [2.24, 2.45) is 0 Å². The lowest BCUT2D eigenvalue weighted by molar-refractivity contribution is 0.0866. The number of piperazine rings is 1. The van der Waals surface area contributed by atoms with Gasteiger partial charge in [0.05, 0.1) is 29.1 Å². The van der Waals surface area contributed by atoms with Crippen molar-refractivity contribution in [3.05, 3.63) is 53.4 Å². The SMILES string of the molecule is O=C(O)N1C2CC(O)C1CN(c1nc(OCC34CCCN3CC(F)C4)nc3c(F)c(-c4cccc5cccc(Cl)c45)ncc13)C2. The van der Waals surface area contributed by atoms with Crippen LogP contribution in [0.3, 0.4) is 0 Å². The van der Waals surface area contributed by atoms with Crippen LogP contribution in [-0.2, 0) is 0 Å². The van der Waals surface area contributed by atoms with E-state index in [2.05, 4.69) is 14.9 Å². The summed E-state index contributed by atoms with van der Waals surface area (Å²) in [5.41, 5.74) is 0.111. The second-order valence-electron chi connectivity index (χ2n) is 12.6. The van der Waals surface area contributed by atoms with Gasteiger partial charge in [-0.3, -0.25) is 14.8 Å². The molecule has 0 spiro atoms. The number of carboxylic acid groups (broad SMARTS) is 1. The minimum Gasteiger partial charge on any atom is -0.465 e. The highest BCUT2D eigenvalue weighted by molar-refractivity contribution is 6.36. The van der Waals surface area contributed by atoms with Crippen LogP contribution in [0, 0.1) is 5.82 Å². The summed E-state index contributed by atoms with van der Waals surface area (Å²) in [4.78, 5) is 31.1. The third-order valence-corrected chi connectivity index (χ3v) is 10.4. The van der Waals surface area contributed by atoms with E-state index in [1.807, 2.05) is 29.2 Å². The Bertz CT molecular complexity index is 1840. The second kappa shape index (κ2) is 10.6. The maximum Gasteiger partial charge on any atom is 0.408 e. The first-order valence-electron chi connectivity index (χ1n) is 15.2. The van der Waals surface area contributed by atoms with E-state index < -0.39 is 41.8 Å². The van der Waals surface area contributed by atoms with Crippen molar-refractivity contribution in [2.75, 3.05) is 37.7 Å². The smallest absolute Gasteiger partial charge is 0.408 e. The van der Waals surface area contributed by atoms with Crippen molar-refractivity contribution in [1.82, 2.24) is 24.8 Å². The van der Waals surface area contributed by atoms with Gasteiger partial charge in [-0.1, -0.05) is 41.9 Å². The summed E-state index contributed by atoms with van der Waals surface area (Å²) in [5, 5.41) is 22.8. The summed E-state index contributed by atoms with van der Waals surface area (Å²) in [6.45, 7) is 1.72. The van der Waals surface area contributed by atoms with Crippen LogP contribution in [0.4, 0.5) is 19.4 Å². The van der Waals surface area contributed by atoms with Crippen LogP contribution in [0.2, 0.25) is 5.02 Å². The Morgan fingerprint density at radius 2 is 1.98 bits per heavy atom. The molecule has 6 heterocycles. The second-order valence-corrected chi connectivity index (χ2v) is 13.0. The molecular weight excluding hydrogens is 606 g/mol. The molecule has 2 aromatic heterocycles. The highest BCUT2D eigenvalue weighted by Gasteiger charge is 2.50. The van der Waals surface area contributed by atoms with Crippen molar-refractivity contribution >= 4 is 45.2 Å². The van der Waals surface area contributed by atoms with E-state index in [1.165, 1.54) is 11.1 Å². The lowest BCUT2D eigenvalue weighted by atomic mass is 9.95. The molecule has 2 N–H and O–H groups in total. The monoisotopic (exact) mass is 636 g/mol. The molecule has 45 heavy (non-hydrogen) atoms. The fourth-order valence-electron chi connectivity index (χ4n) is 8.06. The molecule has 4 fully saturated rings. The van der Waals surface area contributed by atoms with Crippen LogP contribution in [0.5, 0.6) is 6.01 Å². The van der Waals surface area contributed by atoms with Gasteiger partial charge in [-0.2, -0.15) is 9.97 Å². The summed E-state index contributed by atoms with van der Waals surface area (Å²) in [7, 11) is 0. The fourth-order valence-corrected chi connectivity index (χ4v) is 8.34. The van der Waals surface area contributed by atoms with Crippen LogP contribution in [-0.4, -0.2) is 104 Å². The molecule has 5 unspecified atom stereocenters. The Morgan fingerprint density at radius 1 is 1.16 bits per heavy atom. The Kier molecular flexibility index (Phi) is 6.74. The van der Waals surface area contributed by atoms with Crippen molar-refractivity contribution in [2.45, 2.75) is 55.6 Å². The number of benzene rings is 2. The first-order chi connectivity index (χ1) is 21.7. The molecule has 4 aromatic rings. The molecule has 1 amide bonds. The normalized spacial score (nSPS) is 27.9. The number of ether oxygens (including phenoxy) is 1. The van der Waals surface area contributed by atoms with Gasteiger partial charge in [-0.25, -0.2) is 13.6 Å². The van der Waals surface area contributed by atoms with E-state index in [0.29, 0.717) is 46.6 Å². The summed E-state index contributed by atoms with van der Waals surface area (Å²) in [5.74, 6) is -0.334. The van der Waals surface area contributed by atoms with Crippen molar-refractivity contribution in [3.8, 4) is 17.3 Å². The third-order valence-electron chi connectivity index (χ3n) is 10.1. The molecule has 2 bridgehead atoms. The molecule has 4 aliphatic heterocycles. The molecule has 234 valence electrons. The zero-order chi connectivity index (χ0) is 31.0. The van der Waals surface area contributed by atoms with E-state index in [0.717, 1.165) is 24.8 Å². The standard InChI is InChI=1S/C32H31ClF2N6O4/c33-22-7-2-5-17-4-1-6-20(25(17)22)27-26(35)28-21(12-36-27)29(39-14-19-10-24(42)23(15-39)41(19)31(43)44)38-30(37-28)45-16-32-8-3-9-40(32)13-18(34)11-32/h1-2,4-7,12,18-19,23-24,42H,3,8-11,13-16H2,(H,43,44). The Balaban J connectivity index is 1.24. The number of carbonyl (C=O) groups is 1. The zero-order valence-corrected chi connectivity index (χ0v) is 25.0. The minimum atomic E-state index is -1.09. The minimum absolute atomic E-state index is 0.00631. The predicted molar refractivity (Wildman–Crippen MR) is 164 cm³/mol. The number of anilines is 1. The lowest BCUT2D eigenvalue weighted by Crippen LogP contribution is -2.57. The molecule has 5 atom stereocenters. The summed E-state index contributed by atoms with van der Waals surface area (Å²) >= 11 is 6.57. The number of aromatic nitrogens is 3. The quantitative estimate of drug-likeness (QED) is 0.316. The topological polar surface area (TPSA) is 115 Å². The third kappa shape index (κ3) is 4.56. The molecule has 10 nitrogen and oxygen atoms in total. The number of hydrogen-bond donors (Lipinski definition) is 2. The zero-order valence-electron chi connectivity index (χ0n) is 24.2. The number of amides is 1. The molecule has 4 aliphatic rings.